The van der Waals surface area contributed by atoms with E-state index in [0.29, 0.717) is 35.5 Å². The van der Waals surface area contributed by atoms with Crippen LogP contribution in [0.5, 0.6) is 0 Å². The molecule has 2 aromatic carbocycles. The van der Waals surface area contributed by atoms with Gasteiger partial charge in [0.1, 0.15) is 5.82 Å². The van der Waals surface area contributed by atoms with E-state index < -0.39 is 10.0 Å². The number of thioether (sulfide) groups is 1. The zero-order valence-electron chi connectivity index (χ0n) is 18.6. The summed E-state index contributed by atoms with van der Waals surface area (Å²) in [5.41, 5.74) is 1.79. The second kappa shape index (κ2) is 10.1. The first kappa shape index (κ1) is 22.8. The van der Waals surface area contributed by atoms with Crippen molar-refractivity contribution in [3.05, 3.63) is 78.4 Å². The van der Waals surface area contributed by atoms with Crippen LogP contribution in [0.3, 0.4) is 0 Å². The predicted octanol–water partition coefficient (Wildman–Crippen LogP) is 4.45. The Morgan fingerprint density at radius 3 is 2.62 bits per heavy atom. The number of nitrogens with zero attached hydrogens (tertiary/aromatic N) is 5. The van der Waals surface area contributed by atoms with E-state index in [2.05, 4.69) is 31.9 Å². The Kier molecular flexibility index (Phi) is 6.80. The maximum absolute atomic E-state index is 13.0. The summed E-state index contributed by atoms with van der Waals surface area (Å²) in [4.78, 5) is 4.71. The first-order valence-corrected chi connectivity index (χ1v) is 13.6. The van der Waals surface area contributed by atoms with E-state index in [0.717, 1.165) is 31.6 Å². The Balaban J connectivity index is 1.27. The minimum atomic E-state index is -3.53. The summed E-state index contributed by atoms with van der Waals surface area (Å²) in [5, 5.41) is 8.69. The summed E-state index contributed by atoms with van der Waals surface area (Å²) in [6.45, 7) is 1.87. The minimum Gasteiger partial charge on any atom is -0.411 e. The molecular formula is C24H25N5O3S2. The van der Waals surface area contributed by atoms with E-state index >= 15 is 0 Å². The molecule has 0 unspecified atom stereocenters. The predicted molar refractivity (Wildman–Crippen MR) is 130 cm³/mol. The molecule has 0 amide bonds. The fraction of sp³-hybridized carbons (Fsp3) is 0.292. The molecule has 2 aromatic heterocycles. The molecule has 5 rings (SSSR count). The molecule has 1 fully saturated rings. The van der Waals surface area contributed by atoms with Crippen LogP contribution in [0.4, 0.5) is 0 Å². The van der Waals surface area contributed by atoms with Gasteiger partial charge in [-0.25, -0.2) is 13.4 Å². The quantitative estimate of drug-likeness (QED) is 0.333. The van der Waals surface area contributed by atoms with Gasteiger partial charge in [-0.3, -0.25) is 0 Å². The van der Waals surface area contributed by atoms with Crippen molar-refractivity contribution in [2.75, 3.05) is 13.1 Å². The van der Waals surface area contributed by atoms with Crippen LogP contribution in [0.2, 0.25) is 0 Å². The maximum Gasteiger partial charge on any atom is 0.277 e. The van der Waals surface area contributed by atoms with Gasteiger partial charge < -0.3 is 8.98 Å². The zero-order valence-corrected chi connectivity index (χ0v) is 20.2. The number of hydrogen-bond donors (Lipinski definition) is 0. The molecular weight excluding hydrogens is 470 g/mol. The summed E-state index contributed by atoms with van der Waals surface area (Å²) in [7, 11) is -3.53. The van der Waals surface area contributed by atoms with Crippen molar-refractivity contribution in [1.82, 2.24) is 24.1 Å². The fourth-order valence-corrected chi connectivity index (χ4v) is 6.25. The topological polar surface area (TPSA) is 94.1 Å². The highest BCUT2D eigenvalue weighted by molar-refractivity contribution is 7.98. The highest BCUT2D eigenvalue weighted by atomic mass is 32.2. The smallest absolute Gasteiger partial charge is 0.277 e. The minimum absolute atomic E-state index is 0.252. The molecule has 10 heteroatoms. The average Bonchev–Trinajstić information content (AvgIpc) is 3.53. The van der Waals surface area contributed by atoms with Crippen LogP contribution in [0.1, 0.15) is 30.7 Å². The van der Waals surface area contributed by atoms with E-state index in [-0.39, 0.29) is 4.90 Å². The van der Waals surface area contributed by atoms with Crippen LogP contribution < -0.4 is 0 Å². The van der Waals surface area contributed by atoms with E-state index in [1.165, 1.54) is 17.3 Å². The third kappa shape index (κ3) is 5.08. The second-order valence-electron chi connectivity index (χ2n) is 8.11. The summed E-state index contributed by atoms with van der Waals surface area (Å²) in [6.07, 6.45) is 6.60. The first-order chi connectivity index (χ1) is 16.6. The Labute approximate surface area is 203 Å². The van der Waals surface area contributed by atoms with Crippen LogP contribution >= 0.6 is 11.8 Å². The van der Waals surface area contributed by atoms with Gasteiger partial charge in [-0.1, -0.05) is 54.6 Å². The molecule has 3 heterocycles. The molecule has 1 saturated heterocycles. The molecule has 1 aliphatic heterocycles. The molecule has 1 aliphatic rings. The van der Waals surface area contributed by atoms with Crippen molar-refractivity contribution in [3.8, 4) is 11.5 Å². The number of sulfonamides is 1. The third-order valence-corrected chi connectivity index (χ3v) is 8.47. The molecule has 0 N–H and O–H groups in total. The van der Waals surface area contributed by atoms with E-state index in [1.54, 1.807) is 34.8 Å². The lowest BCUT2D eigenvalue weighted by molar-refractivity contribution is 0.346. The van der Waals surface area contributed by atoms with Crippen LogP contribution in [0, 0.1) is 0 Å². The molecule has 0 atom stereocenters. The zero-order chi connectivity index (χ0) is 23.4. The van der Waals surface area contributed by atoms with Gasteiger partial charge >= 0.3 is 0 Å². The van der Waals surface area contributed by atoms with Gasteiger partial charge in [-0.05, 0) is 36.6 Å². The molecule has 34 heavy (non-hydrogen) atoms. The van der Waals surface area contributed by atoms with E-state index in [1.807, 2.05) is 24.4 Å². The van der Waals surface area contributed by atoms with Gasteiger partial charge in [0.25, 0.3) is 5.22 Å². The van der Waals surface area contributed by atoms with E-state index in [4.69, 9.17) is 4.42 Å². The Morgan fingerprint density at radius 2 is 1.79 bits per heavy atom. The lowest BCUT2D eigenvalue weighted by Crippen LogP contribution is -2.35. The maximum atomic E-state index is 13.0. The van der Waals surface area contributed by atoms with Gasteiger partial charge in [-0.15, -0.1) is 10.2 Å². The highest BCUT2D eigenvalue weighted by Crippen LogP contribution is 2.28. The number of imidazole rings is 1. The summed E-state index contributed by atoms with van der Waals surface area (Å²) in [6, 6.07) is 16.9. The monoisotopic (exact) mass is 495 g/mol. The van der Waals surface area contributed by atoms with Gasteiger partial charge in [-0.2, -0.15) is 4.31 Å². The number of rotatable bonds is 8. The van der Waals surface area contributed by atoms with Crippen molar-refractivity contribution in [1.29, 1.82) is 0 Å². The van der Waals surface area contributed by atoms with Crippen LogP contribution in [0.25, 0.3) is 11.5 Å². The highest BCUT2D eigenvalue weighted by Gasteiger charge is 2.26. The molecule has 0 spiro atoms. The van der Waals surface area contributed by atoms with Crippen LogP contribution in [-0.4, -0.2) is 45.6 Å². The lowest BCUT2D eigenvalue weighted by atomic mass is 10.2. The molecule has 176 valence electrons. The van der Waals surface area contributed by atoms with Crippen molar-refractivity contribution >= 4 is 21.8 Å². The van der Waals surface area contributed by atoms with Crippen molar-refractivity contribution in [2.45, 2.75) is 41.7 Å². The largest absolute Gasteiger partial charge is 0.411 e. The number of benzene rings is 2. The van der Waals surface area contributed by atoms with Crippen molar-refractivity contribution in [2.24, 2.45) is 0 Å². The molecule has 0 radical (unpaired) electrons. The molecule has 0 saturated carbocycles. The number of piperidine rings is 1. The van der Waals surface area contributed by atoms with Crippen LogP contribution in [0.15, 0.2) is 81.5 Å². The third-order valence-electron chi connectivity index (χ3n) is 5.76. The Morgan fingerprint density at radius 1 is 0.971 bits per heavy atom. The Bertz CT molecular complexity index is 1350. The molecule has 4 aromatic rings. The van der Waals surface area contributed by atoms with Crippen molar-refractivity contribution < 1.29 is 12.8 Å². The van der Waals surface area contributed by atoms with Gasteiger partial charge in [0.2, 0.25) is 15.9 Å². The average molecular weight is 496 g/mol. The SMILES string of the molecule is O=S(=O)(c1cccc(-c2nnc(SCc3nccn3Cc3ccccc3)o2)c1)N1CCCCC1. The molecule has 0 aliphatic carbocycles. The first-order valence-electron chi connectivity index (χ1n) is 11.2. The van der Waals surface area contributed by atoms with Crippen molar-refractivity contribution in [3.63, 3.8) is 0 Å². The summed E-state index contributed by atoms with van der Waals surface area (Å²) < 4.78 is 35.5. The number of aromatic nitrogens is 4. The van der Waals surface area contributed by atoms with E-state index in [9.17, 15) is 8.42 Å². The van der Waals surface area contributed by atoms with Crippen LogP contribution in [-0.2, 0) is 22.3 Å². The second-order valence-corrected chi connectivity index (χ2v) is 11.0. The van der Waals surface area contributed by atoms with Gasteiger partial charge in [0.15, 0.2) is 0 Å². The van der Waals surface area contributed by atoms with Gasteiger partial charge in [0, 0.05) is 37.6 Å². The summed E-state index contributed by atoms with van der Waals surface area (Å²) in [5.74, 6) is 1.78. The van der Waals surface area contributed by atoms with Gasteiger partial charge in [0.05, 0.1) is 10.6 Å². The molecule has 0 bridgehead atoms. The Hall–Kier alpha value is -2.95. The number of hydrogen-bond acceptors (Lipinski definition) is 7. The fourth-order valence-electron chi connectivity index (χ4n) is 3.96. The molecule has 8 nitrogen and oxygen atoms in total. The normalized spacial score (nSPS) is 14.9. The lowest BCUT2D eigenvalue weighted by Gasteiger charge is -2.25. The standard InChI is InChI=1S/C24H25N5O3S2/c30-34(31,29-13-5-2-6-14-29)21-11-7-10-20(16-21)23-26-27-24(32-23)33-18-22-25-12-15-28(22)17-19-8-3-1-4-9-19/h1,3-4,7-12,15-16H,2,5-6,13-14,17-18H2. The summed E-state index contributed by atoms with van der Waals surface area (Å²) >= 11 is 1.40.